The minimum Gasteiger partial charge on any atom is -0.486 e. The SMILES string of the molecule is CC1CC(C)CN(C(=O)NCc2ccc3c(c2)OCCO3)C1. The van der Waals surface area contributed by atoms with Gasteiger partial charge in [-0.05, 0) is 36.0 Å². The summed E-state index contributed by atoms with van der Waals surface area (Å²) in [4.78, 5) is 14.2. The van der Waals surface area contributed by atoms with E-state index in [0.29, 0.717) is 31.6 Å². The van der Waals surface area contributed by atoms with E-state index in [0.717, 1.165) is 30.2 Å². The van der Waals surface area contributed by atoms with Crippen molar-refractivity contribution in [1.82, 2.24) is 10.2 Å². The zero-order valence-corrected chi connectivity index (χ0v) is 13.3. The van der Waals surface area contributed by atoms with Crippen LogP contribution in [0, 0.1) is 11.8 Å². The minimum absolute atomic E-state index is 0.0216. The maximum atomic E-state index is 12.3. The summed E-state index contributed by atoms with van der Waals surface area (Å²) in [6, 6.07) is 5.83. The Labute approximate surface area is 131 Å². The molecule has 2 heterocycles. The second kappa shape index (κ2) is 6.46. The molecule has 0 saturated carbocycles. The molecule has 0 aromatic heterocycles. The summed E-state index contributed by atoms with van der Waals surface area (Å²) >= 11 is 0. The highest BCUT2D eigenvalue weighted by Gasteiger charge is 2.25. The van der Waals surface area contributed by atoms with Crippen LogP contribution in [0.5, 0.6) is 11.5 Å². The number of urea groups is 1. The zero-order chi connectivity index (χ0) is 15.5. The standard InChI is InChI=1S/C17H24N2O3/c1-12-7-13(2)11-19(10-12)17(20)18-9-14-3-4-15-16(8-14)22-6-5-21-15/h3-4,8,12-13H,5-7,9-11H2,1-2H3,(H,18,20). The smallest absolute Gasteiger partial charge is 0.317 e. The van der Waals surface area contributed by atoms with Crippen LogP contribution in [0.25, 0.3) is 0 Å². The third-order valence-electron chi connectivity index (χ3n) is 4.21. The van der Waals surface area contributed by atoms with Gasteiger partial charge in [0.05, 0.1) is 0 Å². The Morgan fingerprint density at radius 1 is 1.18 bits per heavy atom. The molecule has 3 rings (SSSR count). The lowest BCUT2D eigenvalue weighted by Gasteiger charge is -2.35. The molecule has 0 spiro atoms. The van der Waals surface area contributed by atoms with Crippen molar-refractivity contribution < 1.29 is 14.3 Å². The van der Waals surface area contributed by atoms with E-state index in [4.69, 9.17) is 9.47 Å². The number of likely N-dealkylation sites (tertiary alicyclic amines) is 1. The average Bonchev–Trinajstić information content (AvgIpc) is 2.51. The van der Waals surface area contributed by atoms with Crippen molar-refractivity contribution in [2.45, 2.75) is 26.8 Å². The molecule has 120 valence electrons. The van der Waals surface area contributed by atoms with Gasteiger partial charge in [-0.1, -0.05) is 19.9 Å². The molecule has 0 bridgehead atoms. The number of hydrogen-bond acceptors (Lipinski definition) is 3. The molecule has 2 atom stereocenters. The van der Waals surface area contributed by atoms with Crippen molar-refractivity contribution in [3.05, 3.63) is 23.8 Å². The molecule has 5 heteroatoms. The van der Waals surface area contributed by atoms with E-state index in [1.54, 1.807) is 0 Å². The first-order chi connectivity index (χ1) is 10.6. The van der Waals surface area contributed by atoms with Gasteiger partial charge < -0.3 is 19.7 Å². The van der Waals surface area contributed by atoms with Crippen LogP contribution >= 0.6 is 0 Å². The van der Waals surface area contributed by atoms with E-state index in [1.165, 1.54) is 6.42 Å². The van der Waals surface area contributed by atoms with Gasteiger partial charge >= 0.3 is 6.03 Å². The maximum absolute atomic E-state index is 12.3. The number of amides is 2. The number of nitrogens with zero attached hydrogens (tertiary/aromatic N) is 1. The quantitative estimate of drug-likeness (QED) is 0.914. The second-order valence-corrected chi connectivity index (χ2v) is 6.49. The zero-order valence-electron chi connectivity index (χ0n) is 13.3. The van der Waals surface area contributed by atoms with Gasteiger partial charge in [0, 0.05) is 19.6 Å². The largest absolute Gasteiger partial charge is 0.486 e. The van der Waals surface area contributed by atoms with Crippen LogP contribution < -0.4 is 14.8 Å². The maximum Gasteiger partial charge on any atom is 0.317 e. The van der Waals surface area contributed by atoms with E-state index in [2.05, 4.69) is 19.2 Å². The molecule has 1 aromatic rings. The lowest BCUT2D eigenvalue weighted by Crippen LogP contribution is -2.47. The fourth-order valence-electron chi connectivity index (χ4n) is 3.32. The van der Waals surface area contributed by atoms with Gasteiger partial charge in [-0.3, -0.25) is 0 Å². The van der Waals surface area contributed by atoms with Gasteiger partial charge in [-0.15, -0.1) is 0 Å². The molecule has 1 fully saturated rings. The highest BCUT2D eigenvalue weighted by Crippen LogP contribution is 2.30. The average molecular weight is 304 g/mol. The first-order valence-corrected chi connectivity index (χ1v) is 8.03. The first kappa shape index (κ1) is 15.0. The van der Waals surface area contributed by atoms with E-state index >= 15 is 0 Å². The molecule has 0 aliphatic carbocycles. The van der Waals surface area contributed by atoms with Crippen LogP contribution in [-0.4, -0.2) is 37.2 Å². The van der Waals surface area contributed by atoms with Crippen molar-refractivity contribution in [3.63, 3.8) is 0 Å². The third kappa shape index (κ3) is 3.46. The van der Waals surface area contributed by atoms with Crippen LogP contribution in [-0.2, 0) is 6.54 Å². The molecule has 2 amide bonds. The van der Waals surface area contributed by atoms with Crippen LogP contribution in [0.4, 0.5) is 4.79 Å². The Hall–Kier alpha value is -1.91. The Bertz CT molecular complexity index is 537. The van der Waals surface area contributed by atoms with E-state index < -0.39 is 0 Å². The minimum atomic E-state index is 0.0216. The Morgan fingerprint density at radius 2 is 1.86 bits per heavy atom. The molecule has 2 aliphatic rings. The highest BCUT2D eigenvalue weighted by molar-refractivity contribution is 5.74. The summed E-state index contributed by atoms with van der Waals surface area (Å²) in [6.45, 7) is 7.78. The van der Waals surface area contributed by atoms with E-state index in [1.807, 2.05) is 23.1 Å². The first-order valence-electron chi connectivity index (χ1n) is 8.03. The van der Waals surface area contributed by atoms with Crippen molar-refractivity contribution in [1.29, 1.82) is 0 Å². The van der Waals surface area contributed by atoms with Crippen LogP contribution in [0.2, 0.25) is 0 Å². The summed E-state index contributed by atoms with van der Waals surface area (Å²) in [6.07, 6.45) is 1.20. The number of hydrogen-bond donors (Lipinski definition) is 1. The molecule has 1 saturated heterocycles. The number of fused-ring (bicyclic) bond motifs is 1. The predicted octanol–water partition coefficient (Wildman–Crippen LogP) is 2.65. The second-order valence-electron chi connectivity index (χ2n) is 6.49. The van der Waals surface area contributed by atoms with Crippen molar-refractivity contribution in [3.8, 4) is 11.5 Å². The lowest BCUT2D eigenvalue weighted by molar-refractivity contribution is 0.146. The molecule has 1 N–H and O–H groups in total. The lowest BCUT2D eigenvalue weighted by atomic mass is 9.92. The molecule has 2 unspecified atom stereocenters. The highest BCUT2D eigenvalue weighted by atomic mass is 16.6. The number of benzene rings is 1. The molecule has 0 radical (unpaired) electrons. The summed E-state index contributed by atoms with van der Waals surface area (Å²) in [5, 5.41) is 3.01. The Balaban J connectivity index is 1.56. The van der Waals surface area contributed by atoms with Gasteiger partial charge in [-0.25, -0.2) is 4.79 Å². The third-order valence-corrected chi connectivity index (χ3v) is 4.21. The number of nitrogens with one attached hydrogen (secondary N) is 1. The number of piperidine rings is 1. The van der Waals surface area contributed by atoms with E-state index in [-0.39, 0.29) is 6.03 Å². The number of ether oxygens (including phenoxy) is 2. The van der Waals surface area contributed by atoms with Gasteiger partial charge in [0.2, 0.25) is 0 Å². The fraction of sp³-hybridized carbons (Fsp3) is 0.588. The fourth-order valence-corrected chi connectivity index (χ4v) is 3.32. The number of rotatable bonds is 2. The summed E-state index contributed by atoms with van der Waals surface area (Å²) in [5.41, 5.74) is 1.02. The van der Waals surface area contributed by atoms with Crippen molar-refractivity contribution in [2.75, 3.05) is 26.3 Å². The topological polar surface area (TPSA) is 50.8 Å². The number of carbonyl (C=O) groups is 1. The summed E-state index contributed by atoms with van der Waals surface area (Å²) in [5.74, 6) is 2.69. The van der Waals surface area contributed by atoms with Crippen LogP contribution in [0.1, 0.15) is 25.8 Å². The molecule has 5 nitrogen and oxygen atoms in total. The van der Waals surface area contributed by atoms with Gasteiger partial charge in [0.1, 0.15) is 13.2 Å². The monoisotopic (exact) mass is 304 g/mol. The molecule has 1 aromatic carbocycles. The van der Waals surface area contributed by atoms with Crippen LogP contribution in [0.15, 0.2) is 18.2 Å². The Morgan fingerprint density at radius 3 is 2.59 bits per heavy atom. The van der Waals surface area contributed by atoms with Crippen LogP contribution in [0.3, 0.4) is 0 Å². The number of carbonyl (C=O) groups excluding carboxylic acids is 1. The van der Waals surface area contributed by atoms with E-state index in [9.17, 15) is 4.79 Å². The predicted molar refractivity (Wildman–Crippen MR) is 84.2 cm³/mol. The normalized spacial score (nSPS) is 24.0. The summed E-state index contributed by atoms with van der Waals surface area (Å²) < 4.78 is 11.1. The molecular weight excluding hydrogens is 280 g/mol. The van der Waals surface area contributed by atoms with Crippen molar-refractivity contribution >= 4 is 6.03 Å². The van der Waals surface area contributed by atoms with Gasteiger partial charge in [0.15, 0.2) is 11.5 Å². The molecular formula is C17H24N2O3. The van der Waals surface area contributed by atoms with Gasteiger partial charge in [0.25, 0.3) is 0 Å². The Kier molecular flexibility index (Phi) is 4.41. The summed E-state index contributed by atoms with van der Waals surface area (Å²) in [7, 11) is 0. The van der Waals surface area contributed by atoms with Crippen molar-refractivity contribution in [2.24, 2.45) is 11.8 Å². The van der Waals surface area contributed by atoms with Gasteiger partial charge in [-0.2, -0.15) is 0 Å². The molecule has 22 heavy (non-hydrogen) atoms. The molecule has 2 aliphatic heterocycles.